The van der Waals surface area contributed by atoms with Gasteiger partial charge in [-0.3, -0.25) is 13.8 Å². The molecule has 0 aromatic heterocycles. The number of allylic oxidation sites excluding steroid dienone is 11. The molecule has 0 fully saturated rings. The van der Waals surface area contributed by atoms with Crippen molar-refractivity contribution in [1.29, 1.82) is 0 Å². The van der Waals surface area contributed by atoms with Crippen LogP contribution in [0.15, 0.2) is 72.9 Å². The van der Waals surface area contributed by atoms with Gasteiger partial charge in [-0.25, -0.2) is 4.57 Å². The minimum atomic E-state index is -4.35. The molecule has 0 saturated heterocycles. The second kappa shape index (κ2) is 54.7. The number of nitrogens with one attached hydrogen (secondary N) is 1. The monoisotopic (exact) mass is 1040 g/mol. The summed E-state index contributed by atoms with van der Waals surface area (Å²) in [5.74, 6) is -0.185. The lowest BCUT2D eigenvalue weighted by Crippen LogP contribution is -2.45. The summed E-state index contributed by atoms with van der Waals surface area (Å²) in [6, 6.07) is -0.862. The zero-order valence-electron chi connectivity index (χ0n) is 48.6. The van der Waals surface area contributed by atoms with Gasteiger partial charge in [-0.2, -0.15) is 0 Å². The largest absolute Gasteiger partial charge is 0.472 e. The number of quaternary nitrogens is 1. The van der Waals surface area contributed by atoms with Crippen molar-refractivity contribution in [3.8, 4) is 0 Å². The first-order valence-electron chi connectivity index (χ1n) is 30.8. The quantitative estimate of drug-likeness (QED) is 0.0243. The van der Waals surface area contributed by atoms with Crippen LogP contribution >= 0.6 is 7.82 Å². The standard InChI is InChI=1S/C64H119N2O6P/c1-6-8-10-12-14-16-18-20-21-22-23-24-25-26-27-28-29-30-31-32-33-34-35-36-37-38-39-40-41-42-43-44-45-46-48-50-52-54-56-58-64(68)65-62(61-72-73(69,70)71-60-59-66(3,4)5)63(67)57-55-53-51-49-47-19-17-15-13-11-9-7-2/h8,10,14,16,20-21,23-24,47,49,55,57,62-63,67H,6-7,9,11-13,15,17-19,22,25-46,48,50-54,56,58-61H2,1-5H3,(H-,65,68,69,70)/p+1/b10-8-,16-14-,21-20-,24-23-,49-47+,57-55+. The van der Waals surface area contributed by atoms with E-state index in [0.29, 0.717) is 17.4 Å². The van der Waals surface area contributed by atoms with E-state index in [4.69, 9.17) is 9.05 Å². The van der Waals surface area contributed by atoms with E-state index >= 15 is 0 Å². The fourth-order valence-corrected chi connectivity index (χ4v) is 9.61. The average molecular weight is 1040 g/mol. The van der Waals surface area contributed by atoms with Gasteiger partial charge in [-0.1, -0.05) is 273 Å². The number of rotatable bonds is 56. The molecule has 426 valence electrons. The van der Waals surface area contributed by atoms with Crippen molar-refractivity contribution in [2.45, 2.75) is 289 Å². The number of nitrogens with zero attached hydrogens (tertiary/aromatic N) is 1. The summed E-state index contributed by atoms with van der Waals surface area (Å²) >= 11 is 0. The maximum absolute atomic E-state index is 13.0. The van der Waals surface area contributed by atoms with Gasteiger partial charge in [0.2, 0.25) is 5.91 Å². The molecule has 8 nitrogen and oxygen atoms in total. The van der Waals surface area contributed by atoms with Gasteiger partial charge in [0.15, 0.2) is 0 Å². The summed E-state index contributed by atoms with van der Waals surface area (Å²) in [6.45, 7) is 4.68. The first-order chi connectivity index (χ1) is 35.5. The highest BCUT2D eigenvalue weighted by Gasteiger charge is 2.27. The highest BCUT2D eigenvalue weighted by molar-refractivity contribution is 7.47. The third-order valence-corrected chi connectivity index (χ3v) is 14.6. The van der Waals surface area contributed by atoms with E-state index in [2.05, 4.69) is 79.9 Å². The Hall–Kier alpha value is -2.06. The molecule has 0 heterocycles. The van der Waals surface area contributed by atoms with Gasteiger partial charge >= 0.3 is 7.82 Å². The number of hydrogen-bond acceptors (Lipinski definition) is 5. The van der Waals surface area contributed by atoms with E-state index < -0.39 is 20.0 Å². The molecule has 0 rings (SSSR count). The number of phosphoric acid groups is 1. The highest BCUT2D eigenvalue weighted by Crippen LogP contribution is 2.43. The molecule has 0 bridgehead atoms. The Kier molecular flexibility index (Phi) is 53.2. The Bertz CT molecular complexity index is 1420. The molecule has 0 aliphatic heterocycles. The predicted molar refractivity (Wildman–Crippen MR) is 318 cm³/mol. The zero-order valence-corrected chi connectivity index (χ0v) is 49.5. The number of aliphatic hydroxyl groups excluding tert-OH is 1. The maximum Gasteiger partial charge on any atom is 0.472 e. The zero-order chi connectivity index (χ0) is 53.5. The molecule has 1 amide bonds. The van der Waals surface area contributed by atoms with Crippen LogP contribution in [0.4, 0.5) is 0 Å². The summed E-state index contributed by atoms with van der Waals surface area (Å²) in [7, 11) is 1.56. The molecular weight excluding hydrogens is 924 g/mol. The van der Waals surface area contributed by atoms with Crippen LogP contribution in [0.2, 0.25) is 0 Å². The van der Waals surface area contributed by atoms with Gasteiger partial charge in [0, 0.05) is 6.42 Å². The van der Waals surface area contributed by atoms with Crippen LogP contribution in [0.25, 0.3) is 0 Å². The van der Waals surface area contributed by atoms with Crippen molar-refractivity contribution in [2.24, 2.45) is 0 Å². The van der Waals surface area contributed by atoms with Crippen LogP contribution in [0.3, 0.4) is 0 Å². The number of hydrogen-bond donors (Lipinski definition) is 3. The van der Waals surface area contributed by atoms with Crippen molar-refractivity contribution >= 4 is 13.7 Å². The van der Waals surface area contributed by atoms with Crippen LogP contribution in [-0.2, 0) is 18.4 Å². The third kappa shape index (κ3) is 57.5. The normalized spacial score (nSPS) is 14.3. The second-order valence-electron chi connectivity index (χ2n) is 22.0. The summed E-state index contributed by atoms with van der Waals surface area (Å²) in [4.78, 5) is 23.2. The number of unbranched alkanes of at least 4 members (excludes halogenated alkanes) is 33. The van der Waals surface area contributed by atoms with Crippen molar-refractivity contribution in [2.75, 3.05) is 40.9 Å². The second-order valence-corrected chi connectivity index (χ2v) is 23.5. The summed E-state index contributed by atoms with van der Waals surface area (Å²) in [6.07, 6.45) is 76.2. The fraction of sp³-hybridized carbons (Fsp3) is 0.797. The molecule has 3 unspecified atom stereocenters. The van der Waals surface area contributed by atoms with Crippen LogP contribution < -0.4 is 5.32 Å². The molecule has 3 atom stereocenters. The first kappa shape index (κ1) is 70.9. The molecular formula is C64H120N2O6P+. The Balaban J connectivity index is 3.88. The lowest BCUT2D eigenvalue weighted by atomic mass is 10.0. The molecule has 9 heteroatoms. The Morgan fingerprint density at radius 2 is 0.836 bits per heavy atom. The van der Waals surface area contributed by atoms with E-state index in [0.717, 1.165) is 64.2 Å². The van der Waals surface area contributed by atoms with E-state index in [-0.39, 0.29) is 19.1 Å². The average Bonchev–Trinajstić information content (AvgIpc) is 3.35. The number of phosphoric ester groups is 1. The maximum atomic E-state index is 13.0. The minimum Gasteiger partial charge on any atom is -0.387 e. The smallest absolute Gasteiger partial charge is 0.387 e. The Morgan fingerprint density at radius 3 is 1.26 bits per heavy atom. The number of carbonyl (C=O) groups is 1. The Labute approximate surface area is 453 Å². The summed E-state index contributed by atoms with van der Waals surface area (Å²) in [5.41, 5.74) is 0. The lowest BCUT2D eigenvalue weighted by molar-refractivity contribution is -0.870. The van der Waals surface area contributed by atoms with Crippen LogP contribution in [0, 0.1) is 0 Å². The van der Waals surface area contributed by atoms with Crippen molar-refractivity contribution in [3.05, 3.63) is 72.9 Å². The van der Waals surface area contributed by atoms with Crippen LogP contribution in [0.1, 0.15) is 277 Å². The minimum absolute atomic E-state index is 0.0561. The number of carbonyl (C=O) groups excluding carboxylic acids is 1. The number of aliphatic hydroxyl groups is 1. The highest BCUT2D eigenvalue weighted by atomic mass is 31.2. The summed E-state index contributed by atoms with van der Waals surface area (Å²) in [5, 5.41) is 13.9. The van der Waals surface area contributed by atoms with Crippen LogP contribution in [-0.4, -0.2) is 73.4 Å². The van der Waals surface area contributed by atoms with Crippen LogP contribution in [0.5, 0.6) is 0 Å². The van der Waals surface area contributed by atoms with Gasteiger partial charge < -0.3 is 19.8 Å². The molecule has 0 aliphatic rings. The molecule has 0 aromatic rings. The predicted octanol–water partition coefficient (Wildman–Crippen LogP) is 19.0. The SMILES string of the molecule is CC/C=C\C/C=C\C/C=C\C/C=C\CCCCCCCCCCCCCCCCCCCCCCCCCCCCC(=O)NC(COP(=O)(O)OCC[N+](C)(C)C)C(O)/C=C/CC/C=C/CCCCCCCC. The van der Waals surface area contributed by atoms with Crippen molar-refractivity contribution in [1.82, 2.24) is 5.32 Å². The fourth-order valence-electron chi connectivity index (χ4n) is 8.87. The molecule has 73 heavy (non-hydrogen) atoms. The lowest BCUT2D eigenvalue weighted by Gasteiger charge is -2.25. The van der Waals surface area contributed by atoms with Crippen molar-refractivity contribution in [3.63, 3.8) is 0 Å². The van der Waals surface area contributed by atoms with Gasteiger partial charge in [0.25, 0.3) is 0 Å². The van der Waals surface area contributed by atoms with E-state index in [1.807, 2.05) is 27.2 Å². The Morgan fingerprint density at radius 1 is 0.479 bits per heavy atom. The van der Waals surface area contributed by atoms with Gasteiger partial charge in [0.05, 0.1) is 39.9 Å². The first-order valence-corrected chi connectivity index (χ1v) is 32.3. The van der Waals surface area contributed by atoms with Gasteiger partial charge in [-0.15, -0.1) is 0 Å². The van der Waals surface area contributed by atoms with E-state index in [1.54, 1.807) is 6.08 Å². The molecule has 0 saturated carbocycles. The summed E-state index contributed by atoms with van der Waals surface area (Å²) < 4.78 is 23.6. The van der Waals surface area contributed by atoms with E-state index in [1.165, 1.54) is 193 Å². The third-order valence-electron chi connectivity index (χ3n) is 13.7. The number of amides is 1. The molecule has 0 spiro atoms. The van der Waals surface area contributed by atoms with Crippen molar-refractivity contribution < 1.29 is 32.9 Å². The molecule has 3 N–H and O–H groups in total. The molecule has 0 aliphatic carbocycles. The topological polar surface area (TPSA) is 105 Å². The molecule has 0 aromatic carbocycles. The molecule has 0 radical (unpaired) electrons. The van der Waals surface area contributed by atoms with Gasteiger partial charge in [-0.05, 0) is 70.6 Å². The van der Waals surface area contributed by atoms with Gasteiger partial charge in [0.1, 0.15) is 13.2 Å². The van der Waals surface area contributed by atoms with E-state index in [9.17, 15) is 19.4 Å². The number of likely N-dealkylation sites (N-methyl/N-ethyl adjacent to an activating group) is 1.